The van der Waals surface area contributed by atoms with Crippen LogP contribution in [0, 0.1) is 23.7 Å². The van der Waals surface area contributed by atoms with E-state index in [0.717, 1.165) is 0 Å². The van der Waals surface area contributed by atoms with Crippen molar-refractivity contribution in [1.29, 1.82) is 0 Å². The summed E-state index contributed by atoms with van der Waals surface area (Å²) in [4.78, 5) is 10.6. The zero-order valence-corrected chi connectivity index (χ0v) is 7.34. The van der Waals surface area contributed by atoms with Crippen molar-refractivity contribution < 1.29 is 18.7 Å². The lowest BCUT2D eigenvalue weighted by atomic mass is 9.89. The van der Waals surface area contributed by atoms with Gasteiger partial charge in [-0.05, 0) is 18.8 Å². The minimum Gasteiger partial charge on any atom is -0.481 e. The van der Waals surface area contributed by atoms with Gasteiger partial charge in [-0.1, -0.05) is 6.92 Å². The molecule has 3 atom stereocenters. The number of aliphatic carboxylic acids is 1. The van der Waals surface area contributed by atoms with E-state index in [2.05, 4.69) is 0 Å². The van der Waals surface area contributed by atoms with Crippen LogP contribution < -0.4 is 0 Å². The van der Waals surface area contributed by atoms with Gasteiger partial charge < -0.3 is 5.11 Å². The summed E-state index contributed by atoms with van der Waals surface area (Å²) in [6.07, 6.45) is 0.788. The van der Waals surface area contributed by atoms with Gasteiger partial charge in [0.25, 0.3) is 5.92 Å². The Morgan fingerprint density at radius 2 is 1.92 bits per heavy atom. The van der Waals surface area contributed by atoms with E-state index in [-0.39, 0.29) is 5.92 Å². The van der Waals surface area contributed by atoms with Crippen LogP contribution in [0.1, 0.15) is 19.8 Å². The monoisotopic (exact) mass is 190 g/mol. The van der Waals surface area contributed by atoms with Gasteiger partial charge in [0, 0.05) is 11.8 Å². The standard InChI is InChI=1S/C9H12F2O2/c1-4(8(12)13)5-2-6-7(3-5)9(6,10)11/h4-7H,2-3H2,1H3,(H,12,13). The average molecular weight is 190 g/mol. The van der Waals surface area contributed by atoms with Gasteiger partial charge in [-0.15, -0.1) is 0 Å². The van der Waals surface area contributed by atoms with Crippen molar-refractivity contribution in [3.8, 4) is 0 Å². The molecule has 1 N–H and O–H groups in total. The molecule has 2 aliphatic carbocycles. The molecule has 4 heteroatoms. The molecule has 2 rings (SSSR count). The van der Waals surface area contributed by atoms with E-state index >= 15 is 0 Å². The minimum atomic E-state index is -2.48. The molecule has 2 aliphatic rings. The Hall–Kier alpha value is -0.670. The van der Waals surface area contributed by atoms with E-state index in [0.29, 0.717) is 12.8 Å². The predicted octanol–water partition coefficient (Wildman–Crippen LogP) is 2.00. The van der Waals surface area contributed by atoms with E-state index in [1.54, 1.807) is 6.92 Å². The highest BCUT2D eigenvalue weighted by atomic mass is 19.3. The molecule has 2 fully saturated rings. The Morgan fingerprint density at radius 1 is 1.46 bits per heavy atom. The fourth-order valence-electron chi connectivity index (χ4n) is 2.46. The fraction of sp³-hybridized carbons (Fsp3) is 0.889. The molecule has 0 bridgehead atoms. The summed E-state index contributed by atoms with van der Waals surface area (Å²) in [7, 11) is 0. The van der Waals surface area contributed by atoms with Crippen LogP contribution in [0.2, 0.25) is 0 Å². The predicted molar refractivity (Wildman–Crippen MR) is 41.5 cm³/mol. The van der Waals surface area contributed by atoms with Gasteiger partial charge in [-0.2, -0.15) is 0 Å². The van der Waals surface area contributed by atoms with Crippen molar-refractivity contribution in [1.82, 2.24) is 0 Å². The van der Waals surface area contributed by atoms with Gasteiger partial charge >= 0.3 is 5.97 Å². The number of hydrogen-bond acceptors (Lipinski definition) is 1. The maximum atomic E-state index is 12.7. The fourth-order valence-corrected chi connectivity index (χ4v) is 2.46. The number of carboxylic acids is 1. The lowest BCUT2D eigenvalue weighted by Crippen LogP contribution is -2.21. The highest BCUT2D eigenvalue weighted by Crippen LogP contribution is 2.66. The van der Waals surface area contributed by atoms with E-state index in [4.69, 9.17) is 5.11 Å². The molecule has 0 amide bonds. The molecule has 0 aliphatic heterocycles. The molecule has 0 spiro atoms. The molecular weight excluding hydrogens is 178 g/mol. The second kappa shape index (κ2) is 2.42. The van der Waals surface area contributed by atoms with Crippen LogP contribution in [0.5, 0.6) is 0 Å². The first-order valence-corrected chi connectivity index (χ1v) is 4.55. The molecule has 0 aromatic heterocycles. The highest BCUT2D eigenvalue weighted by Gasteiger charge is 2.71. The number of hydrogen-bond donors (Lipinski definition) is 1. The number of alkyl halides is 2. The molecule has 0 aromatic rings. The maximum Gasteiger partial charge on any atom is 0.306 e. The Kier molecular flexibility index (Phi) is 1.66. The quantitative estimate of drug-likeness (QED) is 0.723. The minimum absolute atomic E-state index is 0.0351. The van der Waals surface area contributed by atoms with E-state index < -0.39 is 29.6 Å². The van der Waals surface area contributed by atoms with Crippen LogP contribution in [-0.4, -0.2) is 17.0 Å². The summed E-state index contributed by atoms with van der Waals surface area (Å²) in [5.41, 5.74) is 0. The summed E-state index contributed by atoms with van der Waals surface area (Å²) in [5, 5.41) is 8.69. The van der Waals surface area contributed by atoms with Crippen molar-refractivity contribution in [2.45, 2.75) is 25.7 Å². The number of fused-ring (bicyclic) bond motifs is 1. The van der Waals surface area contributed by atoms with Gasteiger partial charge in [-0.3, -0.25) is 4.79 Å². The zero-order valence-electron chi connectivity index (χ0n) is 7.34. The normalized spacial score (nSPS) is 42.5. The maximum absolute atomic E-state index is 12.7. The molecule has 0 radical (unpaired) electrons. The second-order valence-electron chi connectivity index (χ2n) is 4.25. The van der Waals surface area contributed by atoms with Crippen molar-refractivity contribution in [2.75, 3.05) is 0 Å². The van der Waals surface area contributed by atoms with E-state index in [1.807, 2.05) is 0 Å². The molecular formula is C9H12F2O2. The molecule has 3 unspecified atom stereocenters. The molecule has 0 heterocycles. The number of carbonyl (C=O) groups is 1. The van der Waals surface area contributed by atoms with Crippen LogP contribution in [0.3, 0.4) is 0 Å². The summed E-state index contributed by atoms with van der Waals surface area (Å²) in [6, 6.07) is 0. The Balaban J connectivity index is 1.94. The first-order valence-electron chi connectivity index (χ1n) is 4.55. The lowest BCUT2D eigenvalue weighted by Gasteiger charge is -2.17. The Bertz CT molecular complexity index is 238. The first kappa shape index (κ1) is 8.91. The highest BCUT2D eigenvalue weighted by molar-refractivity contribution is 5.70. The lowest BCUT2D eigenvalue weighted by molar-refractivity contribution is -0.143. The van der Waals surface area contributed by atoms with Gasteiger partial charge in [-0.25, -0.2) is 8.78 Å². The average Bonchev–Trinajstić information content (AvgIpc) is 2.53. The summed E-state index contributed by atoms with van der Waals surface area (Å²) < 4.78 is 25.5. The third-order valence-corrected chi connectivity index (χ3v) is 3.58. The van der Waals surface area contributed by atoms with Crippen molar-refractivity contribution >= 4 is 5.97 Å². The molecule has 2 nitrogen and oxygen atoms in total. The van der Waals surface area contributed by atoms with Crippen LogP contribution in [0.15, 0.2) is 0 Å². The topological polar surface area (TPSA) is 37.3 Å². The largest absolute Gasteiger partial charge is 0.481 e. The molecule has 0 saturated heterocycles. The van der Waals surface area contributed by atoms with Crippen molar-refractivity contribution in [3.05, 3.63) is 0 Å². The van der Waals surface area contributed by atoms with Crippen LogP contribution in [0.25, 0.3) is 0 Å². The zero-order chi connectivity index (χ0) is 9.80. The van der Waals surface area contributed by atoms with Gasteiger partial charge in [0.15, 0.2) is 0 Å². The van der Waals surface area contributed by atoms with Gasteiger partial charge in [0.2, 0.25) is 0 Å². The Morgan fingerprint density at radius 3 is 2.31 bits per heavy atom. The Labute approximate surface area is 74.9 Å². The van der Waals surface area contributed by atoms with Crippen LogP contribution in [0.4, 0.5) is 8.78 Å². The van der Waals surface area contributed by atoms with E-state index in [1.165, 1.54) is 0 Å². The SMILES string of the molecule is CC(C(=O)O)C1CC2C(C1)C2(F)F. The first-order chi connectivity index (χ1) is 5.94. The number of halogens is 2. The third kappa shape index (κ3) is 1.15. The third-order valence-electron chi connectivity index (χ3n) is 3.58. The number of carboxylic acid groups (broad SMARTS) is 1. The van der Waals surface area contributed by atoms with Gasteiger partial charge in [0.05, 0.1) is 5.92 Å². The van der Waals surface area contributed by atoms with Crippen molar-refractivity contribution in [2.24, 2.45) is 23.7 Å². The van der Waals surface area contributed by atoms with E-state index in [9.17, 15) is 13.6 Å². The summed E-state index contributed by atoms with van der Waals surface area (Å²) in [5.74, 6) is -4.88. The molecule has 74 valence electrons. The molecule has 13 heavy (non-hydrogen) atoms. The summed E-state index contributed by atoms with van der Waals surface area (Å²) in [6.45, 7) is 1.61. The smallest absolute Gasteiger partial charge is 0.306 e. The molecule has 0 aromatic carbocycles. The number of rotatable bonds is 2. The van der Waals surface area contributed by atoms with Crippen LogP contribution in [-0.2, 0) is 4.79 Å². The summed E-state index contributed by atoms with van der Waals surface area (Å²) >= 11 is 0. The molecule has 2 saturated carbocycles. The van der Waals surface area contributed by atoms with Crippen LogP contribution >= 0.6 is 0 Å². The second-order valence-corrected chi connectivity index (χ2v) is 4.25. The van der Waals surface area contributed by atoms with Crippen molar-refractivity contribution in [3.63, 3.8) is 0 Å². The van der Waals surface area contributed by atoms with Gasteiger partial charge in [0.1, 0.15) is 0 Å².